The fourth-order valence-corrected chi connectivity index (χ4v) is 2.66. The number of hydrogen-bond donors (Lipinski definition) is 1. The van der Waals surface area contributed by atoms with Crippen LogP contribution in [0.3, 0.4) is 0 Å². The second-order valence-corrected chi connectivity index (χ2v) is 5.09. The minimum Gasteiger partial charge on any atom is -0.316 e. The van der Waals surface area contributed by atoms with Gasteiger partial charge in [0.1, 0.15) is 0 Å². The van der Waals surface area contributed by atoms with Crippen molar-refractivity contribution >= 4 is 24.8 Å². The van der Waals surface area contributed by atoms with Crippen molar-refractivity contribution in [2.75, 3.05) is 32.7 Å². The summed E-state index contributed by atoms with van der Waals surface area (Å²) >= 11 is 0. The van der Waals surface area contributed by atoms with Gasteiger partial charge < -0.3 is 10.2 Å². The normalized spacial score (nSPS) is 16.2. The maximum absolute atomic E-state index is 3.63. The van der Waals surface area contributed by atoms with Gasteiger partial charge in [-0.15, -0.1) is 24.8 Å². The molecule has 0 atom stereocenters. The van der Waals surface area contributed by atoms with Crippen molar-refractivity contribution in [2.24, 2.45) is 5.92 Å². The Bertz CT molecular complexity index is 158. The molecule has 0 aromatic rings. The average Bonchev–Trinajstić information content (AvgIpc) is 2.35. The van der Waals surface area contributed by atoms with E-state index in [-0.39, 0.29) is 24.8 Å². The molecular formula is C14H32Cl2N2. The van der Waals surface area contributed by atoms with E-state index in [4.69, 9.17) is 0 Å². The van der Waals surface area contributed by atoms with Crippen LogP contribution in [0.2, 0.25) is 0 Å². The van der Waals surface area contributed by atoms with Crippen LogP contribution in [-0.2, 0) is 0 Å². The molecule has 0 bridgehead atoms. The number of nitrogens with zero attached hydrogens (tertiary/aromatic N) is 1. The first-order valence-electron chi connectivity index (χ1n) is 7.29. The molecule has 0 spiro atoms. The molecule has 0 aromatic heterocycles. The van der Waals surface area contributed by atoms with E-state index in [1.54, 1.807) is 0 Å². The standard InChI is InChI=1S/C14H30N2.2ClH/c1-3-16(4-2)12-8-11-15-13-14-9-6-5-7-10-14;;/h14-15H,3-13H2,1-2H3;2*1H. The summed E-state index contributed by atoms with van der Waals surface area (Å²) in [5.74, 6) is 0.974. The highest BCUT2D eigenvalue weighted by Gasteiger charge is 2.12. The van der Waals surface area contributed by atoms with E-state index in [1.807, 2.05) is 0 Å². The van der Waals surface area contributed by atoms with Crippen LogP contribution >= 0.6 is 24.8 Å². The van der Waals surface area contributed by atoms with E-state index in [0.717, 1.165) is 5.92 Å². The van der Waals surface area contributed by atoms with Crippen molar-refractivity contribution in [1.82, 2.24) is 10.2 Å². The number of nitrogens with one attached hydrogen (secondary N) is 1. The van der Waals surface area contributed by atoms with Crippen LogP contribution < -0.4 is 5.32 Å². The monoisotopic (exact) mass is 298 g/mol. The molecule has 18 heavy (non-hydrogen) atoms. The zero-order valence-corrected chi connectivity index (χ0v) is 13.8. The summed E-state index contributed by atoms with van der Waals surface area (Å²) in [6.45, 7) is 10.6. The average molecular weight is 299 g/mol. The van der Waals surface area contributed by atoms with Gasteiger partial charge in [0, 0.05) is 0 Å². The third-order valence-electron chi connectivity index (χ3n) is 3.88. The summed E-state index contributed by atoms with van der Waals surface area (Å²) in [5, 5.41) is 3.63. The van der Waals surface area contributed by atoms with Crippen molar-refractivity contribution < 1.29 is 0 Å². The quantitative estimate of drug-likeness (QED) is 0.687. The van der Waals surface area contributed by atoms with Gasteiger partial charge in [-0.05, 0) is 57.9 Å². The van der Waals surface area contributed by atoms with Crippen LogP contribution in [-0.4, -0.2) is 37.6 Å². The molecule has 0 aliphatic heterocycles. The second kappa shape index (κ2) is 13.9. The lowest BCUT2D eigenvalue weighted by Gasteiger charge is -2.22. The molecule has 1 fully saturated rings. The molecular weight excluding hydrogens is 267 g/mol. The maximum atomic E-state index is 3.63. The topological polar surface area (TPSA) is 15.3 Å². The molecule has 0 heterocycles. The Balaban J connectivity index is 0. The molecule has 4 heteroatoms. The Hall–Kier alpha value is 0.500. The Kier molecular flexibility index (Phi) is 16.1. The van der Waals surface area contributed by atoms with E-state index >= 15 is 0 Å². The van der Waals surface area contributed by atoms with Gasteiger partial charge in [0.05, 0.1) is 0 Å². The van der Waals surface area contributed by atoms with Crippen LogP contribution in [0.1, 0.15) is 52.4 Å². The van der Waals surface area contributed by atoms with Gasteiger partial charge in [0.15, 0.2) is 0 Å². The maximum Gasteiger partial charge on any atom is -0.000687 e. The van der Waals surface area contributed by atoms with Crippen molar-refractivity contribution in [3.63, 3.8) is 0 Å². The highest BCUT2D eigenvalue weighted by atomic mass is 35.5. The molecule has 0 aromatic carbocycles. The van der Waals surface area contributed by atoms with Gasteiger partial charge in [-0.25, -0.2) is 0 Å². The van der Waals surface area contributed by atoms with Gasteiger partial charge in [0.25, 0.3) is 0 Å². The second-order valence-electron chi connectivity index (χ2n) is 5.09. The highest BCUT2D eigenvalue weighted by molar-refractivity contribution is 5.85. The van der Waals surface area contributed by atoms with E-state index in [0.29, 0.717) is 0 Å². The minimum absolute atomic E-state index is 0. The van der Waals surface area contributed by atoms with E-state index in [1.165, 1.54) is 71.2 Å². The van der Waals surface area contributed by atoms with Gasteiger partial charge in [-0.2, -0.15) is 0 Å². The smallest absolute Gasteiger partial charge is 0.000687 e. The lowest BCUT2D eigenvalue weighted by atomic mass is 9.89. The van der Waals surface area contributed by atoms with Gasteiger partial charge in [0.2, 0.25) is 0 Å². The zero-order valence-electron chi connectivity index (χ0n) is 12.1. The first-order valence-corrected chi connectivity index (χ1v) is 7.29. The molecule has 1 N–H and O–H groups in total. The summed E-state index contributed by atoms with van der Waals surface area (Å²) in [7, 11) is 0. The third kappa shape index (κ3) is 9.43. The van der Waals surface area contributed by atoms with Gasteiger partial charge >= 0.3 is 0 Å². The Morgan fingerprint density at radius 2 is 1.61 bits per heavy atom. The molecule has 1 aliphatic carbocycles. The van der Waals surface area contributed by atoms with Crippen LogP contribution in [0, 0.1) is 5.92 Å². The molecule has 1 saturated carbocycles. The summed E-state index contributed by atoms with van der Waals surface area (Å²) in [5.41, 5.74) is 0. The molecule has 2 nitrogen and oxygen atoms in total. The van der Waals surface area contributed by atoms with E-state index in [2.05, 4.69) is 24.1 Å². The number of hydrogen-bond acceptors (Lipinski definition) is 2. The predicted octanol–water partition coefficient (Wildman–Crippen LogP) is 3.73. The first-order chi connectivity index (χ1) is 7.86. The molecule has 1 aliphatic rings. The summed E-state index contributed by atoms with van der Waals surface area (Å²) in [6, 6.07) is 0. The predicted molar refractivity (Wildman–Crippen MR) is 86.3 cm³/mol. The Labute approximate surface area is 126 Å². The van der Waals surface area contributed by atoms with Crippen molar-refractivity contribution in [3.8, 4) is 0 Å². The Morgan fingerprint density at radius 3 is 2.17 bits per heavy atom. The van der Waals surface area contributed by atoms with E-state index < -0.39 is 0 Å². The summed E-state index contributed by atoms with van der Waals surface area (Å²) in [6.07, 6.45) is 8.62. The van der Waals surface area contributed by atoms with Gasteiger partial charge in [-0.1, -0.05) is 33.1 Å². The minimum atomic E-state index is 0. The van der Waals surface area contributed by atoms with Gasteiger partial charge in [-0.3, -0.25) is 0 Å². The zero-order chi connectivity index (χ0) is 11.6. The van der Waals surface area contributed by atoms with Crippen molar-refractivity contribution in [3.05, 3.63) is 0 Å². The molecule has 0 unspecified atom stereocenters. The number of rotatable bonds is 8. The molecule has 1 rings (SSSR count). The molecule has 112 valence electrons. The third-order valence-corrected chi connectivity index (χ3v) is 3.88. The van der Waals surface area contributed by atoms with Crippen molar-refractivity contribution in [1.29, 1.82) is 0 Å². The van der Waals surface area contributed by atoms with Crippen LogP contribution in [0.5, 0.6) is 0 Å². The molecule has 0 amide bonds. The fourth-order valence-electron chi connectivity index (χ4n) is 2.66. The molecule has 0 radical (unpaired) electrons. The Morgan fingerprint density at radius 1 is 1.00 bits per heavy atom. The van der Waals surface area contributed by atoms with Crippen molar-refractivity contribution in [2.45, 2.75) is 52.4 Å². The SMILES string of the molecule is CCN(CC)CCCNCC1CCCCC1.Cl.Cl. The summed E-state index contributed by atoms with van der Waals surface area (Å²) < 4.78 is 0. The van der Waals surface area contributed by atoms with Crippen LogP contribution in [0.25, 0.3) is 0 Å². The largest absolute Gasteiger partial charge is 0.316 e. The number of halogens is 2. The van der Waals surface area contributed by atoms with E-state index in [9.17, 15) is 0 Å². The van der Waals surface area contributed by atoms with Crippen LogP contribution in [0.4, 0.5) is 0 Å². The van der Waals surface area contributed by atoms with Crippen LogP contribution in [0.15, 0.2) is 0 Å². The molecule has 0 saturated heterocycles. The lowest BCUT2D eigenvalue weighted by Crippen LogP contribution is -2.29. The highest BCUT2D eigenvalue weighted by Crippen LogP contribution is 2.22. The first kappa shape index (κ1) is 20.8. The fraction of sp³-hybridized carbons (Fsp3) is 1.00. The lowest BCUT2D eigenvalue weighted by molar-refractivity contribution is 0.292. The summed E-state index contributed by atoms with van der Waals surface area (Å²) in [4.78, 5) is 2.50.